The molecule has 6 heteroatoms. The van der Waals surface area contributed by atoms with Gasteiger partial charge in [0, 0.05) is 5.02 Å². The van der Waals surface area contributed by atoms with E-state index in [0.29, 0.717) is 16.5 Å². The highest BCUT2D eigenvalue weighted by molar-refractivity contribution is 6.30. The number of amides is 1. The Labute approximate surface area is 132 Å². The van der Waals surface area contributed by atoms with Gasteiger partial charge >= 0.3 is 5.97 Å². The van der Waals surface area contributed by atoms with Gasteiger partial charge in [-0.15, -0.1) is 0 Å². The fourth-order valence-electron chi connectivity index (χ4n) is 1.76. The summed E-state index contributed by atoms with van der Waals surface area (Å²) < 4.78 is 10.1. The van der Waals surface area contributed by atoms with Crippen molar-refractivity contribution in [3.63, 3.8) is 0 Å². The van der Waals surface area contributed by atoms with E-state index in [1.807, 2.05) is 0 Å². The number of rotatable bonds is 5. The zero-order valence-corrected chi connectivity index (χ0v) is 12.6. The summed E-state index contributed by atoms with van der Waals surface area (Å²) in [6.45, 7) is -0.399. The van der Waals surface area contributed by atoms with E-state index >= 15 is 0 Å². The summed E-state index contributed by atoms with van der Waals surface area (Å²) in [7, 11) is 1.50. The highest BCUT2D eigenvalue weighted by Crippen LogP contribution is 2.22. The summed E-state index contributed by atoms with van der Waals surface area (Å²) in [4.78, 5) is 23.6. The van der Waals surface area contributed by atoms with Gasteiger partial charge in [0.1, 0.15) is 5.75 Å². The first-order valence-corrected chi connectivity index (χ1v) is 6.83. The average Bonchev–Trinajstić information content (AvgIpc) is 2.53. The number of hydrogen-bond acceptors (Lipinski definition) is 4. The Kier molecular flexibility index (Phi) is 5.38. The minimum atomic E-state index is -0.613. The van der Waals surface area contributed by atoms with E-state index in [4.69, 9.17) is 21.1 Å². The molecule has 0 aliphatic heterocycles. The molecule has 114 valence electrons. The van der Waals surface area contributed by atoms with Crippen molar-refractivity contribution < 1.29 is 19.1 Å². The molecule has 0 unspecified atom stereocenters. The first kappa shape index (κ1) is 15.9. The van der Waals surface area contributed by atoms with E-state index < -0.39 is 18.5 Å². The molecule has 0 aliphatic rings. The van der Waals surface area contributed by atoms with Crippen molar-refractivity contribution in [2.75, 3.05) is 19.0 Å². The SMILES string of the molecule is COc1ccccc1NC(=O)COC(=O)c1cccc(Cl)c1. The number of ether oxygens (including phenoxy) is 2. The summed E-state index contributed by atoms with van der Waals surface area (Å²) in [6, 6.07) is 13.3. The quantitative estimate of drug-likeness (QED) is 0.860. The maximum atomic E-state index is 11.8. The first-order chi connectivity index (χ1) is 10.6. The zero-order valence-electron chi connectivity index (χ0n) is 11.8. The van der Waals surface area contributed by atoms with Gasteiger partial charge in [-0.05, 0) is 30.3 Å². The Morgan fingerprint density at radius 1 is 1.14 bits per heavy atom. The smallest absolute Gasteiger partial charge is 0.338 e. The molecule has 22 heavy (non-hydrogen) atoms. The normalized spacial score (nSPS) is 9.91. The highest BCUT2D eigenvalue weighted by Gasteiger charge is 2.12. The molecule has 0 saturated carbocycles. The molecule has 0 fully saturated rings. The molecule has 0 bridgehead atoms. The molecule has 0 radical (unpaired) electrons. The largest absolute Gasteiger partial charge is 0.495 e. The average molecular weight is 320 g/mol. The van der Waals surface area contributed by atoms with Gasteiger partial charge in [-0.2, -0.15) is 0 Å². The summed E-state index contributed by atoms with van der Waals surface area (Å²) in [5, 5.41) is 3.04. The molecule has 0 spiro atoms. The number of halogens is 1. The minimum absolute atomic E-state index is 0.289. The van der Waals surface area contributed by atoms with E-state index in [9.17, 15) is 9.59 Å². The zero-order chi connectivity index (χ0) is 15.9. The van der Waals surface area contributed by atoms with Crippen LogP contribution in [-0.2, 0) is 9.53 Å². The Bertz CT molecular complexity index is 687. The fraction of sp³-hybridized carbons (Fsp3) is 0.125. The number of hydrogen-bond donors (Lipinski definition) is 1. The van der Waals surface area contributed by atoms with Crippen molar-refractivity contribution in [3.05, 3.63) is 59.1 Å². The van der Waals surface area contributed by atoms with Crippen molar-refractivity contribution in [3.8, 4) is 5.75 Å². The monoisotopic (exact) mass is 319 g/mol. The summed E-state index contributed by atoms with van der Waals surface area (Å²) in [5.41, 5.74) is 0.798. The van der Waals surface area contributed by atoms with Crippen molar-refractivity contribution in [2.45, 2.75) is 0 Å². The standard InChI is InChI=1S/C16H14ClNO4/c1-21-14-8-3-2-7-13(14)18-15(19)10-22-16(20)11-5-4-6-12(17)9-11/h2-9H,10H2,1H3,(H,18,19). The molecule has 0 saturated heterocycles. The predicted molar refractivity (Wildman–Crippen MR) is 83.4 cm³/mol. The minimum Gasteiger partial charge on any atom is -0.495 e. The third kappa shape index (κ3) is 4.23. The van der Waals surface area contributed by atoms with Crippen LogP contribution in [0.2, 0.25) is 5.02 Å². The van der Waals surface area contributed by atoms with Crippen molar-refractivity contribution in [1.29, 1.82) is 0 Å². The summed E-state index contributed by atoms with van der Waals surface area (Å²) in [5.74, 6) is -0.547. The second-order valence-electron chi connectivity index (χ2n) is 4.33. The number of anilines is 1. The number of para-hydroxylation sites is 2. The molecule has 0 heterocycles. The van der Waals surface area contributed by atoms with Crippen LogP contribution < -0.4 is 10.1 Å². The van der Waals surface area contributed by atoms with Gasteiger partial charge in [-0.1, -0.05) is 29.8 Å². The van der Waals surface area contributed by atoms with Gasteiger partial charge in [-0.3, -0.25) is 4.79 Å². The number of esters is 1. The maximum Gasteiger partial charge on any atom is 0.338 e. The Morgan fingerprint density at radius 2 is 1.91 bits per heavy atom. The number of carbonyl (C=O) groups excluding carboxylic acids is 2. The van der Waals surface area contributed by atoms with E-state index in [0.717, 1.165) is 0 Å². The summed E-state index contributed by atoms with van der Waals surface area (Å²) >= 11 is 5.79. The van der Waals surface area contributed by atoms with Crippen LogP contribution in [0.4, 0.5) is 5.69 Å². The highest BCUT2D eigenvalue weighted by atomic mass is 35.5. The third-order valence-corrected chi connectivity index (χ3v) is 3.01. The first-order valence-electron chi connectivity index (χ1n) is 6.45. The number of carbonyl (C=O) groups is 2. The van der Waals surface area contributed by atoms with Gasteiger partial charge in [-0.25, -0.2) is 4.79 Å². The van der Waals surface area contributed by atoms with E-state index in [1.54, 1.807) is 42.5 Å². The van der Waals surface area contributed by atoms with Crippen LogP contribution in [0.3, 0.4) is 0 Å². The third-order valence-electron chi connectivity index (χ3n) is 2.78. The van der Waals surface area contributed by atoms with Crippen LogP contribution >= 0.6 is 11.6 Å². The molecular formula is C16H14ClNO4. The Balaban J connectivity index is 1.91. The molecule has 0 atom stereocenters. The lowest BCUT2D eigenvalue weighted by atomic mass is 10.2. The van der Waals surface area contributed by atoms with E-state index in [2.05, 4.69) is 5.32 Å². The molecule has 5 nitrogen and oxygen atoms in total. The lowest BCUT2D eigenvalue weighted by molar-refractivity contribution is -0.119. The van der Waals surface area contributed by atoms with Crippen LogP contribution in [0.25, 0.3) is 0 Å². The molecule has 0 aliphatic carbocycles. The lowest BCUT2D eigenvalue weighted by Gasteiger charge is -2.10. The molecule has 2 aromatic carbocycles. The Morgan fingerprint density at radius 3 is 2.64 bits per heavy atom. The van der Waals surface area contributed by atoms with Gasteiger partial charge < -0.3 is 14.8 Å². The Hall–Kier alpha value is -2.53. The van der Waals surface area contributed by atoms with Gasteiger partial charge in [0.2, 0.25) is 0 Å². The van der Waals surface area contributed by atoms with E-state index in [-0.39, 0.29) is 5.56 Å². The van der Waals surface area contributed by atoms with Crippen molar-refractivity contribution in [1.82, 2.24) is 0 Å². The molecule has 1 amide bonds. The summed E-state index contributed by atoms with van der Waals surface area (Å²) in [6.07, 6.45) is 0. The van der Waals surface area contributed by atoms with Crippen molar-refractivity contribution in [2.24, 2.45) is 0 Å². The van der Waals surface area contributed by atoms with Gasteiger partial charge in [0.05, 0.1) is 18.4 Å². The molecule has 0 aromatic heterocycles. The predicted octanol–water partition coefficient (Wildman–Crippen LogP) is 3.14. The number of benzene rings is 2. The van der Waals surface area contributed by atoms with Gasteiger partial charge in [0.15, 0.2) is 6.61 Å². The number of methoxy groups -OCH3 is 1. The fourth-order valence-corrected chi connectivity index (χ4v) is 1.95. The van der Waals surface area contributed by atoms with Crippen LogP contribution in [0.15, 0.2) is 48.5 Å². The number of nitrogens with one attached hydrogen (secondary N) is 1. The van der Waals surface area contributed by atoms with Crippen LogP contribution in [-0.4, -0.2) is 25.6 Å². The molecule has 2 rings (SSSR count). The van der Waals surface area contributed by atoms with Crippen LogP contribution in [0.1, 0.15) is 10.4 Å². The lowest BCUT2D eigenvalue weighted by Crippen LogP contribution is -2.21. The second kappa shape index (κ2) is 7.47. The molecule has 2 aromatic rings. The van der Waals surface area contributed by atoms with Crippen molar-refractivity contribution >= 4 is 29.2 Å². The molecular weight excluding hydrogens is 306 g/mol. The van der Waals surface area contributed by atoms with E-state index in [1.165, 1.54) is 13.2 Å². The van der Waals surface area contributed by atoms with Gasteiger partial charge in [0.25, 0.3) is 5.91 Å². The second-order valence-corrected chi connectivity index (χ2v) is 4.77. The van der Waals surface area contributed by atoms with Crippen LogP contribution in [0.5, 0.6) is 5.75 Å². The molecule has 1 N–H and O–H groups in total. The topological polar surface area (TPSA) is 64.6 Å². The maximum absolute atomic E-state index is 11.8. The van der Waals surface area contributed by atoms with Crippen LogP contribution in [0, 0.1) is 0 Å².